The van der Waals surface area contributed by atoms with Crippen molar-refractivity contribution in [3.63, 3.8) is 0 Å². The zero-order valence-electron chi connectivity index (χ0n) is 10.3. The molecule has 5 N–H and O–H groups in total. The number of primary amides is 1. The largest absolute Gasteiger partial charge is 0.397 e. The highest BCUT2D eigenvalue weighted by atomic mass is 35.5. The molecule has 2 aromatic rings. The number of hydrogen-bond acceptors (Lipinski definition) is 4. The Labute approximate surface area is 119 Å². The quantitative estimate of drug-likeness (QED) is 0.746. The van der Waals surface area contributed by atoms with Crippen LogP contribution in [0.3, 0.4) is 0 Å². The van der Waals surface area contributed by atoms with E-state index in [1.165, 1.54) is 18.3 Å². The summed E-state index contributed by atoms with van der Waals surface area (Å²) in [5, 5.41) is 2.58. The van der Waals surface area contributed by atoms with E-state index in [0.717, 1.165) is 0 Å². The van der Waals surface area contributed by atoms with Crippen molar-refractivity contribution in [3.05, 3.63) is 52.8 Å². The van der Waals surface area contributed by atoms with Crippen LogP contribution >= 0.6 is 11.6 Å². The van der Waals surface area contributed by atoms with Gasteiger partial charge in [0, 0.05) is 0 Å². The SMILES string of the molecule is NC(=O)c1ccccc1NC(=O)c1cc(N)cnc1Cl. The first-order valence-corrected chi connectivity index (χ1v) is 5.98. The van der Waals surface area contributed by atoms with Crippen LogP contribution in [-0.2, 0) is 0 Å². The fourth-order valence-electron chi connectivity index (χ4n) is 1.62. The third-order valence-electron chi connectivity index (χ3n) is 2.55. The van der Waals surface area contributed by atoms with E-state index in [1.54, 1.807) is 18.2 Å². The average molecular weight is 291 g/mol. The first-order chi connectivity index (χ1) is 9.49. The number of nitrogens with one attached hydrogen (secondary N) is 1. The number of para-hydroxylation sites is 1. The molecule has 0 unspecified atom stereocenters. The fourth-order valence-corrected chi connectivity index (χ4v) is 1.81. The van der Waals surface area contributed by atoms with Gasteiger partial charge < -0.3 is 16.8 Å². The molecule has 2 rings (SSSR count). The molecule has 0 saturated heterocycles. The van der Waals surface area contributed by atoms with E-state index in [1.807, 2.05) is 0 Å². The van der Waals surface area contributed by atoms with E-state index in [-0.39, 0.29) is 16.3 Å². The van der Waals surface area contributed by atoms with Gasteiger partial charge in [0.15, 0.2) is 0 Å². The number of pyridine rings is 1. The van der Waals surface area contributed by atoms with Gasteiger partial charge in [-0.1, -0.05) is 23.7 Å². The number of nitrogen functional groups attached to an aromatic ring is 1. The van der Waals surface area contributed by atoms with Crippen molar-refractivity contribution in [3.8, 4) is 0 Å². The van der Waals surface area contributed by atoms with Crippen LogP contribution in [-0.4, -0.2) is 16.8 Å². The molecule has 0 radical (unpaired) electrons. The summed E-state index contributed by atoms with van der Waals surface area (Å²) in [6.45, 7) is 0. The van der Waals surface area contributed by atoms with Crippen LogP contribution < -0.4 is 16.8 Å². The molecule has 1 heterocycles. The van der Waals surface area contributed by atoms with Crippen LogP contribution in [0.1, 0.15) is 20.7 Å². The summed E-state index contributed by atoms with van der Waals surface area (Å²) in [6.07, 6.45) is 1.34. The summed E-state index contributed by atoms with van der Waals surface area (Å²) in [4.78, 5) is 27.2. The molecule has 7 heteroatoms. The zero-order valence-corrected chi connectivity index (χ0v) is 11.0. The maximum absolute atomic E-state index is 12.1. The first-order valence-electron chi connectivity index (χ1n) is 5.60. The lowest BCUT2D eigenvalue weighted by atomic mass is 10.1. The number of rotatable bonds is 3. The number of amides is 2. The molecule has 0 aliphatic carbocycles. The van der Waals surface area contributed by atoms with Gasteiger partial charge in [-0.25, -0.2) is 4.98 Å². The van der Waals surface area contributed by atoms with Crippen molar-refractivity contribution in [2.75, 3.05) is 11.1 Å². The van der Waals surface area contributed by atoms with Crippen LogP contribution in [0.15, 0.2) is 36.5 Å². The number of nitrogens with zero attached hydrogens (tertiary/aromatic N) is 1. The summed E-state index contributed by atoms with van der Waals surface area (Å²) in [5.74, 6) is -1.17. The first kappa shape index (κ1) is 13.8. The number of benzene rings is 1. The normalized spacial score (nSPS) is 10.1. The van der Waals surface area contributed by atoms with E-state index < -0.39 is 11.8 Å². The van der Waals surface area contributed by atoms with Gasteiger partial charge in [0.1, 0.15) is 5.15 Å². The molecule has 0 bridgehead atoms. The summed E-state index contributed by atoms with van der Waals surface area (Å²) >= 11 is 5.84. The minimum absolute atomic E-state index is 0.0215. The van der Waals surface area contributed by atoms with Gasteiger partial charge in [0.05, 0.1) is 28.7 Å². The fraction of sp³-hybridized carbons (Fsp3) is 0. The van der Waals surface area contributed by atoms with E-state index in [9.17, 15) is 9.59 Å². The summed E-state index contributed by atoms with van der Waals surface area (Å²) in [6, 6.07) is 7.78. The average Bonchev–Trinajstić information content (AvgIpc) is 2.41. The van der Waals surface area contributed by atoms with Crippen molar-refractivity contribution in [1.29, 1.82) is 0 Å². The predicted octanol–water partition coefficient (Wildman–Crippen LogP) is 1.67. The molecule has 0 atom stereocenters. The molecule has 1 aromatic carbocycles. The molecule has 6 nitrogen and oxygen atoms in total. The van der Waals surface area contributed by atoms with Crippen molar-refractivity contribution in [1.82, 2.24) is 4.98 Å². The van der Waals surface area contributed by atoms with Gasteiger partial charge >= 0.3 is 0 Å². The highest BCUT2D eigenvalue weighted by molar-refractivity contribution is 6.33. The number of carbonyl (C=O) groups excluding carboxylic acids is 2. The molecule has 0 aliphatic rings. The molecule has 20 heavy (non-hydrogen) atoms. The Morgan fingerprint density at radius 2 is 1.90 bits per heavy atom. The third kappa shape index (κ3) is 2.86. The van der Waals surface area contributed by atoms with Gasteiger partial charge in [-0.05, 0) is 18.2 Å². The lowest BCUT2D eigenvalue weighted by Gasteiger charge is -2.09. The Kier molecular flexibility index (Phi) is 3.86. The minimum atomic E-state index is -0.641. The Morgan fingerprint density at radius 1 is 1.20 bits per heavy atom. The third-order valence-corrected chi connectivity index (χ3v) is 2.85. The molecular formula is C13H11ClN4O2. The van der Waals surface area contributed by atoms with Crippen molar-refractivity contribution in [2.24, 2.45) is 5.73 Å². The Hall–Kier alpha value is -2.60. The van der Waals surface area contributed by atoms with Gasteiger partial charge in [-0.3, -0.25) is 9.59 Å². The molecule has 0 saturated carbocycles. The van der Waals surface area contributed by atoms with Crippen molar-refractivity contribution >= 4 is 34.8 Å². The number of anilines is 2. The zero-order chi connectivity index (χ0) is 14.7. The monoisotopic (exact) mass is 290 g/mol. The predicted molar refractivity (Wildman–Crippen MR) is 76.6 cm³/mol. The number of hydrogen-bond donors (Lipinski definition) is 3. The van der Waals surface area contributed by atoms with E-state index in [4.69, 9.17) is 23.1 Å². The minimum Gasteiger partial charge on any atom is -0.397 e. The number of carbonyl (C=O) groups is 2. The maximum atomic E-state index is 12.1. The summed E-state index contributed by atoms with van der Waals surface area (Å²) in [5.41, 5.74) is 11.7. The number of aromatic nitrogens is 1. The van der Waals surface area contributed by atoms with Crippen LogP contribution in [0, 0.1) is 0 Å². The van der Waals surface area contributed by atoms with Gasteiger partial charge in [-0.15, -0.1) is 0 Å². The highest BCUT2D eigenvalue weighted by Gasteiger charge is 2.15. The number of nitrogens with two attached hydrogens (primary N) is 2. The molecule has 0 fully saturated rings. The van der Waals surface area contributed by atoms with Crippen molar-refractivity contribution < 1.29 is 9.59 Å². The van der Waals surface area contributed by atoms with Gasteiger partial charge in [0.25, 0.3) is 11.8 Å². The summed E-state index contributed by atoms with van der Waals surface area (Å²) in [7, 11) is 0. The Bertz CT molecular complexity index is 688. The van der Waals surface area contributed by atoms with Crippen LogP contribution in [0.2, 0.25) is 5.15 Å². The van der Waals surface area contributed by atoms with Gasteiger partial charge in [0.2, 0.25) is 0 Å². The smallest absolute Gasteiger partial charge is 0.258 e. The van der Waals surface area contributed by atoms with E-state index in [2.05, 4.69) is 10.3 Å². The van der Waals surface area contributed by atoms with Crippen LogP contribution in [0.25, 0.3) is 0 Å². The number of halogens is 1. The molecule has 0 spiro atoms. The molecule has 102 valence electrons. The van der Waals surface area contributed by atoms with Crippen LogP contribution in [0.4, 0.5) is 11.4 Å². The maximum Gasteiger partial charge on any atom is 0.258 e. The highest BCUT2D eigenvalue weighted by Crippen LogP contribution is 2.19. The standard InChI is InChI=1S/C13H11ClN4O2/c14-11-9(5-7(15)6-17-11)13(20)18-10-4-2-1-3-8(10)12(16)19/h1-6H,15H2,(H2,16,19)(H,18,20). The van der Waals surface area contributed by atoms with Crippen molar-refractivity contribution in [2.45, 2.75) is 0 Å². The van der Waals surface area contributed by atoms with Gasteiger partial charge in [-0.2, -0.15) is 0 Å². The lowest BCUT2D eigenvalue weighted by Crippen LogP contribution is -2.18. The molecule has 2 amide bonds. The van der Waals surface area contributed by atoms with E-state index in [0.29, 0.717) is 11.4 Å². The van der Waals surface area contributed by atoms with E-state index >= 15 is 0 Å². The Balaban J connectivity index is 2.33. The summed E-state index contributed by atoms with van der Waals surface area (Å²) < 4.78 is 0. The Morgan fingerprint density at radius 3 is 2.60 bits per heavy atom. The second-order valence-corrected chi connectivity index (χ2v) is 4.33. The molecule has 0 aliphatic heterocycles. The lowest BCUT2D eigenvalue weighted by molar-refractivity contribution is 0.100. The second-order valence-electron chi connectivity index (χ2n) is 3.97. The second kappa shape index (κ2) is 5.58. The molecular weight excluding hydrogens is 280 g/mol. The van der Waals surface area contributed by atoms with Crippen LogP contribution in [0.5, 0.6) is 0 Å². The molecule has 1 aromatic heterocycles. The topological polar surface area (TPSA) is 111 Å².